The van der Waals surface area contributed by atoms with Crippen LogP contribution in [0.4, 0.5) is 0 Å². The van der Waals surface area contributed by atoms with E-state index in [1.807, 2.05) is 24.3 Å². The molecule has 0 atom stereocenters. The SMILES string of the molecule is COc1cc(OC)cc(-c2nc(=S)cc(C(C)C)[nH]2)c1. The van der Waals surface area contributed by atoms with Crippen LogP contribution in [-0.4, -0.2) is 24.2 Å². The molecule has 2 rings (SSSR count). The fraction of sp³-hybridized carbons (Fsp3) is 0.333. The van der Waals surface area contributed by atoms with Crippen LogP contribution in [0.5, 0.6) is 11.5 Å². The number of benzene rings is 1. The lowest BCUT2D eigenvalue weighted by molar-refractivity contribution is 0.394. The predicted octanol–water partition coefficient (Wildman–Crippen LogP) is 3.95. The summed E-state index contributed by atoms with van der Waals surface area (Å²) >= 11 is 5.24. The molecule has 1 N–H and O–H groups in total. The highest BCUT2D eigenvalue weighted by molar-refractivity contribution is 7.71. The Morgan fingerprint density at radius 2 is 1.65 bits per heavy atom. The molecular weight excluding hydrogens is 272 g/mol. The second kappa shape index (κ2) is 6.05. The zero-order valence-corrected chi connectivity index (χ0v) is 12.9. The first-order valence-electron chi connectivity index (χ1n) is 6.38. The van der Waals surface area contributed by atoms with Gasteiger partial charge in [-0.1, -0.05) is 26.1 Å². The zero-order valence-electron chi connectivity index (χ0n) is 12.1. The molecular formula is C15H18N2O2S. The molecule has 1 aromatic carbocycles. The van der Waals surface area contributed by atoms with Gasteiger partial charge in [0.2, 0.25) is 0 Å². The van der Waals surface area contributed by atoms with Crippen molar-refractivity contribution in [3.8, 4) is 22.9 Å². The molecule has 5 heteroatoms. The van der Waals surface area contributed by atoms with Crippen LogP contribution in [-0.2, 0) is 0 Å². The van der Waals surface area contributed by atoms with E-state index in [0.717, 1.165) is 28.6 Å². The normalized spacial score (nSPS) is 10.7. The summed E-state index contributed by atoms with van der Waals surface area (Å²) in [7, 11) is 3.25. The van der Waals surface area contributed by atoms with Gasteiger partial charge in [0.15, 0.2) is 0 Å². The number of nitrogens with zero attached hydrogens (tertiary/aromatic N) is 1. The lowest BCUT2D eigenvalue weighted by atomic mass is 10.1. The third-order valence-corrected chi connectivity index (χ3v) is 3.22. The average Bonchev–Trinajstić information content (AvgIpc) is 2.45. The van der Waals surface area contributed by atoms with E-state index < -0.39 is 0 Å². The number of aromatic nitrogens is 2. The number of hydrogen-bond acceptors (Lipinski definition) is 4. The van der Waals surface area contributed by atoms with Gasteiger partial charge in [-0.3, -0.25) is 0 Å². The summed E-state index contributed by atoms with van der Waals surface area (Å²) in [4.78, 5) is 7.70. The summed E-state index contributed by atoms with van der Waals surface area (Å²) in [6.45, 7) is 4.22. The lowest BCUT2D eigenvalue weighted by Crippen LogP contribution is -1.98. The predicted molar refractivity (Wildman–Crippen MR) is 82.1 cm³/mol. The van der Waals surface area contributed by atoms with Crippen molar-refractivity contribution in [3.05, 3.63) is 34.6 Å². The first kappa shape index (κ1) is 14.5. The van der Waals surface area contributed by atoms with Gasteiger partial charge < -0.3 is 14.5 Å². The van der Waals surface area contributed by atoms with E-state index in [2.05, 4.69) is 23.8 Å². The van der Waals surface area contributed by atoms with Gasteiger partial charge >= 0.3 is 0 Å². The summed E-state index contributed by atoms with van der Waals surface area (Å²) in [5.41, 5.74) is 1.94. The molecule has 1 heterocycles. The summed E-state index contributed by atoms with van der Waals surface area (Å²) in [6.07, 6.45) is 0. The Morgan fingerprint density at radius 3 is 2.15 bits per heavy atom. The second-order valence-corrected chi connectivity index (χ2v) is 5.20. The van der Waals surface area contributed by atoms with Crippen LogP contribution >= 0.6 is 12.2 Å². The quantitative estimate of drug-likeness (QED) is 0.866. The third kappa shape index (κ3) is 3.17. The summed E-state index contributed by atoms with van der Waals surface area (Å²) in [5, 5.41) is 0. The van der Waals surface area contributed by atoms with E-state index >= 15 is 0 Å². The van der Waals surface area contributed by atoms with Crippen molar-refractivity contribution in [1.82, 2.24) is 9.97 Å². The molecule has 0 aliphatic heterocycles. The maximum Gasteiger partial charge on any atom is 0.139 e. The van der Waals surface area contributed by atoms with Crippen LogP contribution in [0, 0.1) is 4.64 Å². The van der Waals surface area contributed by atoms with E-state index in [9.17, 15) is 0 Å². The van der Waals surface area contributed by atoms with E-state index in [4.69, 9.17) is 21.7 Å². The van der Waals surface area contributed by atoms with Crippen molar-refractivity contribution in [2.75, 3.05) is 14.2 Å². The van der Waals surface area contributed by atoms with E-state index in [1.165, 1.54) is 0 Å². The highest BCUT2D eigenvalue weighted by Crippen LogP contribution is 2.28. The molecule has 20 heavy (non-hydrogen) atoms. The van der Waals surface area contributed by atoms with Gasteiger partial charge in [0, 0.05) is 17.3 Å². The number of aromatic amines is 1. The number of methoxy groups -OCH3 is 2. The van der Waals surface area contributed by atoms with Crippen molar-refractivity contribution in [1.29, 1.82) is 0 Å². The fourth-order valence-electron chi connectivity index (χ4n) is 1.87. The number of H-pyrrole nitrogens is 1. The van der Waals surface area contributed by atoms with Gasteiger partial charge in [-0.05, 0) is 24.1 Å². The second-order valence-electron chi connectivity index (χ2n) is 4.78. The maximum atomic E-state index is 5.28. The van der Waals surface area contributed by atoms with Gasteiger partial charge in [-0.25, -0.2) is 4.98 Å². The maximum absolute atomic E-state index is 5.28. The molecule has 0 unspecified atom stereocenters. The lowest BCUT2D eigenvalue weighted by Gasteiger charge is -2.11. The molecule has 4 nitrogen and oxygen atoms in total. The minimum atomic E-state index is 0.353. The van der Waals surface area contributed by atoms with E-state index in [1.54, 1.807) is 14.2 Å². The summed E-state index contributed by atoms with van der Waals surface area (Å²) in [5.74, 6) is 2.51. The first-order valence-corrected chi connectivity index (χ1v) is 6.79. The molecule has 0 saturated heterocycles. The van der Waals surface area contributed by atoms with Crippen LogP contribution in [0.25, 0.3) is 11.4 Å². The standard InChI is InChI=1S/C15H18N2O2S/c1-9(2)13-8-14(20)17-15(16-13)10-5-11(18-3)7-12(6-10)19-4/h5-9H,1-4H3,(H,16,17,20). The van der Waals surface area contributed by atoms with Gasteiger partial charge in [0.05, 0.1) is 14.2 Å². The Morgan fingerprint density at radius 1 is 1.05 bits per heavy atom. The molecule has 0 aliphatic rings. The Balaban J connectivity index is 2.58. The molecule has 106 valence electrons. The van der Waals surface area contributed by atoms with Crippen molar-refractivity contribution in [2.24, 2.45) is 0 Å². The highest BCUT2D eigenvalue weighted by Gasteiger charge is 2.08. The van der Waals surface area contributed by atoms with Crippen LogP contribution in [0.3, 0.4) is 0 Å². The molecule has 0 spiro atoms. The number of ether oxygens (including phenoxy) is 2. The zero-order chi connectivity index (χ0) is 14.7. The summed E-state index contributed by atoms with van der Waals surface area (Å²) < 4.78 is 11.1. The topological polar surface area (TPSA) is 47.1 Å². The van der Waals surface area contributed by atoms with E-state index in [0.29, 0.717) is 10.6 Å². The number of hydrogen-bond donors (Lipinski definition) is 1. The first-order chi connectivity index (χ1) is 9.53. The smallest absolute Gasteiger partial charge is 0.139 e. The van der Waals surface area contributed by atoms with Gasteiger partial charge in [-0.15, -0.1) is 0 Å². The van der Waals surface area contributed by atoms with Crippen molar-refractivity contribution >= 4 is 12.2 Å². The minimum Gasteiger partial charge on any atom is -0.497 e. The summed E-state index contributed by atoms with van der Waals surface area (Å²) in [6, 6.07) is 7.52. The van der Waals surface area contributed by atoms with Crippen molar-refractivity contribution < 1.29 is 9.47 Å². The Hall–Kier alpha value is -1.88. The Bertz CT molecular complexity index is 643. The molecule has 2 aromatic rings. The largest absolute Gasteiger partial charge is 0.497 e. The van der Waals surface area contributed by atoms with Crippen LogP contribution in [0.1, 0.15) is 25.5 Å². The highest BCUT2D eigenvalue weighted by atomic mass is 32.1. The van der Waals surface area contributed by atoms with Gasteiger partial charge in [0.25, 0.3) is 0 Å². The average molecular weight is 290 g/mol. The Labute approximate surface area is 123 Å². The van der Waals surface area contributed by atoms with Crippen LogP contribution < -0.4 is 9.47 Å². The van der Waals surface area contributed by atoms with E-state index in [-0.39, 0.29) is 0 Å². The van der Waals surface area contributed by atoms with Crippen molar-refractivity contribution in [2.45, 2.75) is 19.8 Å². The molecule has 1 aromatic heterocycles. The van der Waals surface area contributed by atoms with Crippen molar-refractivity contribution in [3.63, 3.8) is 0 Å². The molecule has 0 aliphatic carbocycles. The Kier molecular flexibility index (Phi) is 4.39. The molecule has 0 radical (unpaired) electrons. The monoisotopic (exact) mass is 290 g/mol. The minimum absolute atomic E-state index is 0.353. The molecule has 0 amide bonds. The van der Waals surface area contributed by atoms with Gasteiger partial charge in [-0.2, -0.15) is 0 Å². The number of nitrogens with one attached hydrogen (secondary N) is 1. The molecule has 0 saturated carbocycles. The van der Waals surface area contributed by atoms with Crippen LogP contribution in [0.15, 0.2) is 24.3 Å². The number of rotatable bonds is 4. The third-order valence-electron chi connectivity index (χ3n) is 3.01. The fourth-order valence-corrected chi connectivity index (χ4v) is 2.09. The molecule has 0 bridgehead atoms. The van der Waals surface area contributed by atoms with Crippen LogP contribution in [0.2, 0.25) is 0 Å². The molecule has 0 fully saturated rings. The van der Waals surface area contributed by atoms with Gasteiger partial charge in [0.1, 0.15) is 22.0 Å².